The van der Waals surface area contributed by atoms with Gasteiger partial charge in [-0.2, -0.15) is 0 Å². The maximum Gasteiger partial charge on any atom is 0.289 e. The molecule has 1 aliphatic heterocycles. The van der Waals surface area contributed by atoms with Crippen molar-refractivity contribution in [1.82, 2.24) is 20.5 Å². The third kappa shape index (κ3) is 6.80. The van der Waals surface area contributed by atoms with Crippen LogP contribution in [-0.2, 0) is 36.9 Å². The molecular formula is C28H33FN4O5. The van der Waals surface area contributed by atoms with Crippen molar-refractivity contribution in [3.05, 3.63) is 66.0 Å². The summed E-state index contributed by atoms with van der Waals surface area (Å²) in [5.41, 5.74) is -0.686. The van der Waals surface area contributed by atoms with Gasteiger partial charge in [0.2, 0.25) is 11.7 Å². The van der Waals surface area contributed by atoms with Crippen LogP contribution < -0.4 is 10.6 Å². The molecule has 4 rings (SSSR count). The number of amides is 3. The zero-order chi connectivity index (χ0) is 27.0. The summed E-state index contributed by atoms with van der Waals surface area (Å²) >= 11 is 0. The number of pyridine rings is 1. The zero-order valence-electron chi connectivity index (χ0n) is 21.2. The smallest absolute Gasteiger partial charge is 0.289 e. The molecule has 10 heteroatoms. The van der Waals surface area contributed by atoms with Gasteiger partial charge in [-0.15, -0.1) is 0 Å². The maximum absolute atomic E-state index is 15.5. The fourth-order valence-corrected chi connectivity index (χ4v) is 4.89. The number of Topliss-reactive ketones (excluding diaryl/α,β-unsaturated/α-hetero) is 1. The van der Waals surface area contributed by atoms with Crippen LogP contribution in [0.15, 0.2) is 54.7 Å². The highest BCUT2D eigenvalue weighted by Crippen LogP contribution is 2.34. The number of benzene rings is 1. The van der Waals surface area contributed by atoms with Gasteiger partial charge in [0.25, 0.3) is 11.8 Å². The minimum Gasteiger partial charge on any atom is -0.377 e. The van der Waals surface area contributed by atoms with Gasteiger partial charge in [-0.25, -0.2) is 4.39 Å². The second kappa shape index (κ2) is 12.7. The highest BCUT2D eigenvalue weighted by molar-refractivity contribution is 6.38. The fourth-order valence-electron chi connectivity index (χ4n) is 4.89. The molecule has 38 heavy (non-hydrogen) atoms. The predicted octanol–water partition coefficient (Wildman–Crippen LogP) is 1.89. The SMILES string of the molecule is O=C(NCc1ccccn1)C(=O)[C@@H](Cc1ccccc1)NC(=O)[C@H]1COCCN1C(=O)C1(F)CCCCC1. The monoisotopic (exact) mass is 524 g/mol. The number of rotatable bonds is 9. The fraction of sp³-hybridized carbons (Fsp3) is 0.464. The zero-order valence-corrected chi connectivity index (χ0v) is 21.2. The molecular weight excluding hydrogens is 491 g/mol. The molecule has 1 aromatic heterocycles. The molecule has 2 aliphatic rings. The van der Waals surface area contributed by atoms with Gasteiger partial charge in [0, 0.05) is 19.2 Å². The average molecular weight is 525 g/mol. The average Bonchev–Trinajstić information content (AvgIpc) is 2.96. The van der Waals surface area contributed by atoms with E-state index in [9.17, 15) is 19.2 Å². The summed E-state index contributed by atoms with van der Waals surface area (Å²) < 4.78 is 21.0. The molecule has 9 nitrogen and oxygen atoms in total. The number of hydrogen-bond acceptors (Lipinski definition) is 6. The first-order valence-electron chi connectivity index (χ1n) is 13.0. The molecule has 0 spiro atoms. The number of halogens is 1. The molecule has 0 unspecified atom stereocenters. The molecule has 2 heterocycles. The normalized spacial score (nSPS) is 19.7. The lowest BCUT2D eigenvalue weighted by Gasteiger charge is -2.40. The molecule has 1 saturated carbocycles. The number of nitrogens with one attached hydrogen (secondary N) is 2. The van der Waals surface area contributed by atoms with E-state index in [0.29, 0.717) is 18.5 Å². The number of carbonyl (C=O) groups excluding carboxylic acids is 4. The summed E-state index contributed by atoms with van der Waals surface area (Å²) in [4.78, 5) is 57.9. The minimum absolute atomic E-state index is 0.0503. The molecule has 1 aliphatic carbocycles. The highest BCUT2D eigenvalue weighted by atomic mass is 19.1. The molecule has 0 radical (unpaired) electrons. The van der Waals surface area contributed by atoms with Crippen LogP contribution in [0.1, 0.15) is 43.4 Å². The first-order valence-corrected chi connectivity index (χ1v) is 13.0. The Morgan fingerprint density at radius 1 is 1.05 bits per heavy atom. The Kier molecular flexibility index (Phi) is 9.17. The van der Waals surface area contributed by atoms with E-state index in [1.807, 2.05) is 6.07 Å². The van der Waals surface area contributed by atoms with E-state index in [0.717, 1.165) is 12.0 Å². The number of aromatic nitrogens is 1. The largest absolute Gasteiger partial charge is 0.377 e. The predicted molar refractivity (Wildman–Crippen MR) is 136 cm³/mol. The van der Waals surface area contributed by atoms with E-state index in [1.54, 1.807) is 48.7 Å². The molecule has 1 saturated heterocycles. The number of alkyl halides is 1. The third-order valence-electron chi connectivity index (χ3n) is 7.02. The number of morpholine rings is 1. The van der Waals surface area contributed by atoms with E-state index in [1.165, 1.54) is 4.90 Å². The molecule has 2 atom stereocenters. The quantitative estimate of drug-likeness (QED) is 0.484. The van der Waals surface area contributed by atoms with Crippen LogP contribution >= 0.6 is 0 Å². The first kappa shape index (κ1) is 27.4. The van der Waals surface area contributed by atoms with E-state index in [-0.39, 0.29) is 45.6 Å². The molecule has 2 N–H and O–H groups in total. The number of carbonyl (C=O) groups is 4. The number of ketones is 1. The van der Waals surface area contributed by atoms with Crippen LogP contribution in [0.5, 0.6) is 0 Å². The van der Waals surface area contributed by atoms with Crippen molar-refractivity contribution < 1.29 is 28.3 Å². The summed E-state index contributed by atoms with van der Waals surface area (Å²) in [5, 5.41) is 5.20. The van der Waals surface area contributed by atoms with E-state index in [2.05, 4.69) is 15.6 Å². The van der Waals surface area contributed by atoms with Crippen molar-refractivity contribution in [3.8, 4) is 0 Å². The molecule has 2 fully saturated rings. The molecule has 0 bridgehead atoms. The van der Waals surface area contributed by atoms with Gasteiger partial charge in [-0.05, 0) is 43.4 Å². The van der Waals surface area contributed by atoms with Crippen LogP contribution in [0.2, 0.25) is 0 Å². The summed E-state index contributed by atoms with van der Waals surface area (Å²) in [6, 6.07) is 11.9. The minimum atomic E-state index is -2.00. The molecule has 3 amide bonds. The standard InChI is InChI=1S/C28H33FN4O5/c29-28(12-6-2-7-13-28)27(37)33-15-16-38-19-23(33)25(35)32-22(17-20-9-3-1-4-10-20)24(34)26(36)31-18-21-11-5-8-14-30-21/h1,3-5,8-11,14,22-23H,2,6-7,12-13,15-19H2,(H,31,36)(H,32,35)/t22-,23-/m1/s1. The Morgan fingerprint density at radius 2 is 1.79 bits per heavy atom. The Bertz CT molecular complexity index is 1120. The Labute approximate surface area is 221 Å². The van der Waals surface area contributed by atoms with Crippen molar-refractivity contribution in [2.24, 2.45) is 0 Å². The second-order valence-corrected chi connectivity index (χ2v) is 9.73. The molecule has 2 aromatic rings. The van der Waals surface area contributed by atoms with E-state index < -0.39 is 41.3 Å². The lowest BCUT2D eigenvalue weighted by molar-refractivity contribution is -0.160. The van der Waals surface area contributed by atoms with Crippen LogP contribution in [0.3, 0.4) is 0 Å². The summed E-state index contributed by atoms with van der Waals surface area (Å²) in [7, 11) is 0. The lowest BCUT2D eigenvalue weighted by Crippen LogP contribution is -2.62. The number of nitrogens with zero attached hydrogens (tertiary/aromatic N) is 2. The van der Waals surface area contributed by atoms with Gasteiger partial charge < -0.3 is 20.3 Å². The summed E-state index contributed by atoms with van der Waals surface area (Å²) in [5.74, 6) is -3.07. The molecule has 202 valence electrons. The second-order valence-electron chi connectivity index (χ2n) is 9.73. The Balaban J connectivity index is 1.48. The highest BCUT2D eigenvalue weighted by Gasteiger charge is 2.46. The topological polar surface area (TPSA) is 118 Å². The van der Waals surface area contributed by atoms with Crippen molar-refractivity contribution in [2.75, 3.05) is 19.8 Å². The number of ether oxygens (including phenoxy) is 1. The maximum atomic E-state index is 15.5. The third-order valence-corrected chi connectivity index (χ3v) is 7.02. The number of hydrogen-bond donors (Lipinski definition) is 2. The van der Waals surface area contributed by atoms with Crippen LogP contribution in [0.4, 0.5) is 4.39 Å². The van der Waals surface area contributed by atoms with Gasteiger partial charge in [-0.3, -0.25) is 24.2 Å². The van der Waals surface area contributed by atoms with Gasteiger partial charge in [0.1, 0.15) is 12.1 Å². The van der Waals surface area contributed by atoms with Crippen LogP contribution in [0, 0.1) is 0 Å². The Hall–Kier alpha value is -3.66. The first-order chi connectivity index (χ1) is 18.4. The van der Waals surface area contributed by atoms with Crippen molar-refractivity contribution in [1.29, 1.82) is 0 Å². The summed E-state index contributed by atoms with van der Waals surface area (Å²) in [6.07, 6.45) is 4.01. The molecule has 1 aromatic carbocycles. The lowest BCUT2D eigenvalue weighted by atomic mass is 9.85. The van der Waals surface area contributed by atoms with Crippen molar-refractivity contribution in [3.63, 3.8) is 0 Å². The van der Waals surface area contributed by atoms with E-state index in [4.69, 9.17) is 4.74 Å². The van der Waals surface area contributed by atoms with Gasteiger partial charge in [-0.1, -0.05) is 42.8 Å². The van der Waals surface area contributed by atoms with Gasteiger partial charge in [0.05, 0.1) is 25.5 Å². The van der Waals surface area contributed by atoms with Gasteiger partial charge in [0.15, 0.2) is 5.67 Å². The van der Waals surface area contributed by atoms with Crippen LogP contribution in [0.25, 0.3) is 0 Å². The van der Waals surface area contributed by atoms with Crippen LogP contribution in [-0.4, -0.2) is 70.9 Å². The van der Waals surface area contributed by atoms with E-state index >= 15 is 4.39 Å². The van der Waals surface area contributed by atoms with Crippen molar-refractivity contribution in [2.45, 2.75) is 62.8 Å². The summed E-state index contributed by atoms with van der Waals surface area (Å²) in [6.45, 7) is 0.193. The Morgan fingerprint density at radius 3 is 2.50 bits per heavy atom. The van der Waals surface area contributed by atoms with Crippen molar-refractivity contribution >= 4 is 23.5 Å². The van der Waals surface area contributed by atoms with Gasteiger partial charge >= 0.3 is 0 Å².